The van der Waals surface area contributed by atoms with Gasteiger partial charge in [0.05, 0.1) is 11.5 Å². The summed E-state index contributed by atoms with van der Waals surface area (Å²) in [5.41, 5.74) is 5.33. The fourth-order valence-electron chi connectivity index (χ4n) is 1.56. The molecule has 2 unspecified atom stereocenters. The van der Waals surface area contributed by atoms with Gasteiger partial charge in [-0.05, 0) is 20.3 Å². The van der Waals surface area contributed by atoms with Crippen molar-refractivity contribution in [2.45, 2.75) is 31.8 Å². The Bertz CT molecular complexity index is 274. The standard InChI is InChI=1S/C8H18N2O2S/c1-7(9)5-10-8(2)3-4-13(11,12)6-8/h7,10H,3-6,9H2,1-2H3. The minimum atomic E-state index is -2.81. The van der Waals surface area contributed by atoms with E-state index in [4.69, 9.17) is 5.73 Å². The van der Waals surface area contributed by atoms with Gasteiger partial charge in [-0.2, -0.15) is 0 Å². The Morgan fingerprint density at radius 2 is 2.23 bits per heavy atom. The molecule has 0 aromatic heterocycles. The Kier molecular flexibility index (Phi) is 2.99. The van der Waals surface area contributed by atoms with E-state index in [0.29, 0.717) is 18.7 Å². The lowest BCUT2D eigenvalue weighted by molar-refractivity contribution is 0.386. The first-order chi connectivity index (χ1) is 5.83. The van der Waals surface area contributed by atoms with Crippen LogP contribution in [0.2, 0.25) is 0 Å². The van der Waals surface area contributed by atoms with Gasteiger partial charge in [0.2, 0.25) is 0 Å². The first-order valence-electron chi connectivity index (χ1n) is 4.54. The molecule has 78 valence electrons. The van der Waals surface area contributed by atoms with Crippen molar-refractivity contribution in [1.29, 1.82) is 0 Å². The minimum absolute atomic E-state index is 0.0696. The molecule has 0 spiro atoms. The lowest BCUT2D eigenvalue weighted by atomic mass is 10.0. The normalized spacial score (nSPS) is 34.7. The highest BCUT2D eigenvalue weighted by atomic mass is 32.2. The van der Waals surface area contributed by atoms with Gasteiger partial charge >= 0.3 is 0 Å². The van der Waals surface area contributed by atoms with Gasteiger partial charge in [-0.15, -0.1) is 0 Å². The molecule has 0 aromatic carbocycles. The van der Waals surface area contributed by atoms with Gasteiger partial charge in [-0.3, -0.25) is 0 Å². The smallest absolute Gasteiger partial charge is 0.152 e. The summed E-state index contributed by atoms with van der Waals surface area (Å²) in [6, 6.07) is 0.0696. The third kappa shape index (κ3) is 3.25. The quantitative estimate of drug-likeness (QED) is 0.653. The number of hydrogen-bond acceptors (Lipinski definition) is 4. The number of nitrogens with two attached hydrogens (primary N) is 1. The number of hydrogen-bond donors (Lipinski definition) is 2. The Hall–Kier alpha value is -0.130. The van der Waals surface area contributed by atoms with Crippen molar-refractivity contribution in [3.8, 4) is 0 Å². The summed E-state index contributed by atoms with van der Waals surface area (Å²) in [6.45, 7) is 4.52. The number of sulfone groups is 1. The molecule has 3 N–H and O–H groups in total. The van der Waals surface area contributed by atoms with Crippen LogP contribution >= 0.6 is 0 Å². The molecule has 0 bridgehead atoms. The summed E-state index contributed by atoms with van der Waals surface area (Å²) in [6.07, 6.45) is 0.696. The molecule has 13 heavy (non-hydrogen) atoms. The van der Waals surface area contributed by atoms with E-state index in [1.54, 1.807) is 0 Å². The maximum atomic E-state index is 11.2. The third-order valence-corrected chi connectivity index (χ3v) is 4.26. The van der Waals surface area contributed by atoms with Crippen LogP contribution in [0, 0.1) is 0 Å². The van der Waals surface area contributed by atoms with Crippen LogP contribution in [-0.2, 0) is 9.84 Å². The summed E-state index contributed by atoms with van der Waals surface area (Å²) in [5, 5.41) is 3.21. The highest BCUT2D eigenvalue weighted by Gasteiger charge is 2.37. The van der Waals surface area contributed by atoms with Crippen LogP contribution in [0.25, 0.3) is 0 Å². The van der Waals surface area contributed by atoms with Crippen molar-refractivity contribution >= 4 is 9.84 Å². The summed E-state index contributed by atoms with van der Waals surface area (Å²) in [4.78, 5) is 0. The van der Waals surface area contributed by atoms with E-state index in [-0.39, 0.29) is 17.3 Å². The Morgan fingerprint density at radius 3 is 2.62 bits per heavy atom. The maximum Gasteiger partial charge on any atom is 0.152 e. The van der Waals surface area contributed by atoms with Crippen molar-refractivity contribution in [2.75, 3.05) is 18.1 Å². The van der Waals surface area contributed by atoms with Gasteiger partial charge in [0.1, 0.15) is 0 Å². The Labute approximate surface area is 79.8 Å². The van der Waals surface area contributed by atoms with Crippen LogP contribution in [-0.4, -0.2) is 38.0 Å². The molecule has 0 radical (unpaired) electrons. The molecular formula is C8H18N2O2S. The molecule has 0 aromatic rings. The van der Waals surface area contributed by atoms with Crippen molar-refractivity contribution in [3.63, 3.8) is 0 Å². The molecule has 1 rings (SSSR count). The molecule has 4 nitrogen and oxygen atoms in total. The topological polar surface area (TPSA) is 72.2 Å². The van der Waals surface area contributed by atoms with Crippen LogP contribution in [0.4, 0.5) is 0 Å². The second-order valence-electron chi connectivity index (χ2n) is 4.26. The SMILES string of the molecule is CC(N)CNC1(C)CCS(=O)(=O)C1. The van der Waals surface area contributed by atoms with Gasteiger partial charge in [0.25, 0.3) is 0 Å². The summed E-state index contributed by atoms with van der Waals surface area (Å²) in [7, 11) is -2.81. The van der Waals surface area contributed by atoms with Gasteiger partial charge in [-0.25, -0.2) is 8.42 Å². The summed E-state index contributed by atoms with van der Waals surface area (Å²) >= 11 is 0. The fraction of sp³-hybridized carbons (Fsp3) is 1.00. The average Bonchev–Trinajstić information content (AvgIpc) is 2.23. The van der Waals surface area contributed by atoms with E-state index in [1.807, 2.05) is 13.8 Å². The zero-order chi connectivity index (χ0) is 10.1. The van der Waals surface area contributed by atoms with E-state index >= 15 is 0 Å². The van der Waals surface area contributed by atoms with Crippen LogP contribution in [0.15, 0.2) is 0 Å². The Morgan fingerprint density at radius 1 is 1.62 bits per heavy atom. The molecule has 0 amide bonds. The van der Waals surface area contributed by atoms with Gasteiger partial charge in [-0.1, -0.05) is 0 Å². The summed E-state index contributed by atoms with van der Waals surface area (Å²) in [5.74, 6) is 0.544. The molecule has 1 fully saturated rings. The highest BCUT2D eigenvalue weighted by Crippen LogP contribution is 2.22. The lowest BCUT2D eigenvalue weighted by Gasteiger charge is -2.24. The van der Waals surface area contributed by atoms with E-state index in [9.17, 15) is 8.42 Å². The minimum Gasteiger partial charge on any atom is -0.327 e. The largest absolute Gasteiger partial charge is 0.327 e. The van der Waals surface area contributed by atoms with Crippen molar-refractivity contribution in [3.05, 3.63) is 0 Å². The molecule has 0 aliphatic carbocycles. The van der Waals surface area contributed by atoms with E-state index in [0.717, 1.165) is 0 Å². The number of rotatable bonds is 3. The van der Waals surface area contributed by atoms with Crippen molar-refractivity contribution < 1.29 is 8.42 Å². The molecule has 1 aliphatic heterocycles. The average molecular weight is 206 g/mol. The monoisotopic (exact) mass is 206 g/mol. The molecule has 1 heterocycles. The Balaban J connectivity index is 2.50. The van der Waals surface area contributed by atoms with Crippen molar-refractivity contribution in [1.82, 2.24) is 5.32 Å². The predicted molar refractivity (Wildman–Crippen MR) is 53.3 cm³/mol. The highest BCUT2D eigenvalue weighted by molar-refractivity contribution is 7.91. The molecule has 0 saturated carbocycles. The van der Waals surface area contributed by atoms with E-state index < -0.39 is 9.84 Å². The molecule has 1 saturated heterocycles. The molecular weight excluding hydrogens is 188 g/mol. The van der Waals surface area contributed by atoms with Crippen LogP contribution in [0.3, 0.4) is 0 Å². The first-order valence-corrected chi connectivity index (χ1v) is 6.36. The number of nitrogens with one attached hydrogen (secondary N) is 1. The molecule has 1 aliphatic rings. The van der Waals surface area contributed by atoms with Gasteiger partial charge < -0.3 is 11.1 Å². The van der Waals surface area contributed by atoms with Gasteiger partial charge in [0, 0.05) is 18.1 Å². The zero-order valence-electron chi connectivity index (χ0n) is 8.21. The second-order valence-corrected chi connectivity index (χ2v) is 6.44. The van der Waals surface area contributed by atoms with E-state index in [1.165, 1.54) is 0 Å². The van der Waals surface area contributed by atoms with Crippen LogP contribution in [0.1, 0.15) is 20.3 Å². The maximum absolute atomic E-state index is 11.2. The zero-order valence-corrected chi connectivity index (χ0v) is 9.02. The molecule has 5 heteroatoms. The third-order valence-electron chi connectivity index (χ3n) is 2.35. The predicted octanol–water partition coefficient (Wildman–Crippen LogP) is -0.500. The second kappa shape index (κ2) is 3.55. The van der Waals surface area contributed by atoms with Crippen LogP contribution in [0.5, 0.6) is 0 Å². The fourth-order valence-corrected chi connectivity index (χ4v) is 3.68. The van der Waals surface area contributed by atoms with E-state index in [2.05, 4.69) is 5.32 Å². The van der Waals surface area contributed by atoms with Gasteiger partial charge in [0.15, 0.2) is 9.84 Å². The summed E-state index contributed by atoms with van der Waals surface area (Å²) < 4.78 is 22.4. The first kappa shape index (κ1) is 10.9. The molecule has 2 atom stereocenters. The van der Waals surface area contributed by atoms with Crippen LogP contribution < -0.4 is 11.1 Å². The lowest BCUT2D eigenvalue weighted by Crippen LogP contribution is -2.47. The van der Waals surface area contributed by atoms with Crippen molar-refractivity contribution in [2.24, 2.45) is 5.73 Å².